The first-order valence-corrected chi connectivity index (χ1v) is 3.41. The first-order chi connectivity index (χ1) is 3.50. The van der Waals surface area contributed by atoms with Gasteiger partial charge in [-0.1, -0.05) is 11.9 Å². The molecule has 7 heavy (non-hydrogen) atoms. The molecule has 0 saturated carbocycles. The molecular formula is C4H9NOS. The van der Waals surface area contributed by atoms with Gasteiger partial charge in [-0.3, -0.25) is 4.72 Å². The molecule has 0 atom stereocenters. The minimum absolute atomic E-state index is 0.806. The molecule has 0 unspecified atom stereocenters. The molecule has 1 saturated heterocycles. The zero-order valence-corrected chi connectivity index (χ0v) is 4.96. The quantitative estimate of drug-likeness (QED) is 0.472. The number of rotatable bonds is 0. The lowest BCUT2D eigenvalue weighted by atomic mass is 10.5. The van der Waals surface area contributed by atoms with Gasteiger partial charge >= 0.3 is 0 Å². The molecule has 0 amide bonds. The lowest BCUT2D eigenvalue weighted by Gasteiger charge is -1.91. The predicted molar refractivity (Wildman–Crippen MR) is 31.0 cm³/mol. The lowest BCUT2D eigenvalue weighted by Crippen LogP contribution is -2.02. The molecule has 0 radical (unpaired) electrons. The van der Waals surface area contributed by atoms with Crippen LogP contribution in [0.25, 0.3) is 0 Å². The fourth-order valence-electron chi connectivity index (χ4n) is 0.461. The van der Waals surface area contributed by atoms with Gasteiger partial charge in [0.25, 0.3) is 0 Å². The van der Waals surface area contributed by atoms with Crippen LogP contribution in [0.5, 0.6) is 0 Å². The maximum atomic E-state index is 5.09. The molecule has 1 heterocycles. The van der Waals surface area contributed by atoms with E-state index in [2.05, 4.69) is 4.72 Å². The smallest absolute Gasteiger partial charge is 0.106 e. The summed E-state index contributed by atoms with van der Waals surface area (Å²) in [5.74, 6) is 0.806. The van der Waals surface area contributed by atoms with Crippen molar-refractivity contribution in [2.24, 2.45) is 0 Å². The van der Waals surface area contributed by atoms with Gasteiger partial charge < -0.3 is 4.74 Å². The van der Waals surface area contributed by atoms with Crippen LogP contribution < -0.4 is 4.72 Å². The van der Waals surface area contributed by atoms with Crippen molar-refractivity contribution in [1.82, 2.24) is 4.72 Å². The Morgan fingerprint density at radius 2 is 2.57 bits per heavy atom. The summed E-state index contributed by atoms with van der Waals surface area (Å²) in [6.45, 7) is 2.00. The summed E-state index contributed by atoms with van der Waals surface area (Å²) in [5.41, 5.74) is 0. The zero-order valence-electron chi connectivity index (χ0n) is 4.14. The first-order valence-electron chi connectivity index (χ1n) is 2.42. The van der Waals surface area contributed by atoms with Crippen molar-refractivity contribution in [3.05, 3.63) is 0 Å². The molecule has 1 rings (SSSR count). The third-order valence-electron chi connectivity index (χ3n) is 0.812. The Hall–Kier alpha value is 0.270. The van der Waals surface area contributed by atoms with Crippen LogP contribution in [0.4, 0.5) is 0 Å². The van der Waals surface area contributed by atoms with E-state index in [1.165, 1.54) is 0 Å². The zero-order chi connectivity index (χ0) is 4.95. The Labute approximate surface area is 47.8 Å². The Kier molecular flexibility index (Phi) is 2.55. The highest BCUT2D eigenvalue weighted by Gasteiger charge is 1.94. The van der Waals surface area contributed by atoms with Gasteiger partial charge in [0.05, 0.1) is 0 Å². The molecular weight excluding hydrogens is 110 g/mol. The fraction of sp³-hybridized carbons (Fsp3) is 1.00. The number of nitrogens with one attached hydrogen (secondary N) is 1. The van der Waals surface area contributed by atoms with E-state index in [1.807, 2.05) is 0 Å². The van der Waals surface area contributed by atoms with Crippen LogP contribution in [-0.4, -0.2) is 19.1 Å². The van der Waals surface area contributed by atoms with Gasteiger partial charge in [-0.15, -0.1) is 0 Å². The molecule has 42 valence electrons. The molecule has 0 bridgehead atoms. The Morgan fingerprint density at radius 3 is 3.57 bits per heavy atom. The number of hydrogen-bond acceptors (Lipinski definition) is 3. The normalized spacial score (nSPS) is 24.0. The van der Waals surface area contributed by atoms with Crippen molar-refractivity contribution in [3.63, 3.8) is 0 Å². The van der Waals surface area contributed by atoms with Crippen LogP contribution in [0.15, 0.2) is 0 Å². The van der Waals surface area contributed by atoms with Gasteiger partial charge in [-0.25, -0.2) is 0 Å². The van der Waals surface area contributed by atoms with Gasteiger partial charge in [0, 0.05) is 13.2 Å². The van der Waals surface area contributed by atoms with Gasteiger partial charge in [0.1, 0.15) is 5.94 Å². The second-order valence-corrected chi connectivity index (χ2v) is 2.23. The van der Waals surface area contributed by atoms with Gasteiger partial charge in [-0.05, 0) is 6.42 Å². The van der Waals surface area contributed by atoms with E-state index in [-0.39, 0.29) is 0 Å². The van der Waals surface area contributed by atoms with E-state index in [0.717, 1.165) is 25.5 Å². The fourth-order valence-corrected chi connectivity index (χ4v) is 1.03. The SMILES string of the molecule is C1CNSCOC1. The van der Waals surface area contributed by atoms with Crippen LogP contribution >= 0.6 is 11.9 Å². The van der Waals surface area contributed by atoms with E-state index in [9.17, 15) is 0 Å². The van der Waals surface area contributed by atoms with Crippen molar-refractivity contribution in [2.75, 3.05) is 19.1 Å². The first kappa shape index (κ1) is 5.41. The average Bonchev–Trinajstić information content (AvgIpc) is 1.90. The van der Waals surface area contributed by atoms with Crippen LogP contribution in [-0.2, 0) is 4.74 Å². The molecule has 0 spiro atoms. The number of hydrogen-bond donors (Lipinski definition) is 1. The van der Waals surface area contributed by atoms with E-state index in [0.29, 0.717) is 0 Å². The minimum atomic E-state index is 0.806. The van der Waals surface area contributed by atoms with Crippen molar-refractivity contribution in [1.29, 1.82) is 0 Å². The number of ether oxygens (including phenoxy) is 1. The summed E-state index contributed by atoms with van der Waals surface area (Å²) in [4.78, 5) is 0. The standard InChI is InChI=1S/C4H9NOS/c1-2-5-7-4-6-3-1/h5H,1-4H2. The molecule has 1 N–H and O–H groups in total. The Morgan fingerprint density at radius 1 is 1.57 bits per heavy atom. The van der Waals surface area contributed by atoms with E-state index >= 15 is 0 Å². The second-order valence-electron chi connectivity index (χ2n) is 1.42. The van der Waals surface area contributed by atoms with Crippen molar-refractivity contribution < 1.29 is 4.74 Å². The summed E-state index contributed by atoms with van der Waals surface area (Å²) < 4.78 is 8.23. The highest BCUT2D eigenvalue weighted by Crippen LogP contribution is 1.98. The highest BCUT2D eigenvalue weighted by atomic mass is 32.2. The molecule has 1 aliphatic rings. The molecule has 0 aromatic heterocycles. The molecule has 0 aromatic carbocycles. The average molecular weight is 119 g/mol. The summed E-state index contributed by atoms with van der Waals surface area (Å²) in [7, 11) is 0. The summed E-state index contributed by atoms with van der Waals surface area (Å²) >= 11 is 1.64. The summed E-state index contributed by atoms with van der Waals surface area (Å²) in [6.07, 6.45) is 1.15. The van der Waals surface area contributed by atoms with E-state index in [1.54, 1.807) is 11.9 Å². The van der Waals surface area contributed by atoms with Crippen molar-refractivity contribution >= 4 is 11.9 Å². The topological polar surface area (TPSA) is 21.3 Å². The predicted octanol–water partition coefficient (Wildman–Crippen LogP) is 0.602. The van der Waals surface area contributed by atoms with Crippen LogP contribution in [0, 0.1) is 0 Å². The molecule has 3 heteroatoms. The monoisotopic (exact) mass is 119 g/mol. The molecule has 1 fully saturated rings. The van der Waals surface area contributed by atoms with Gasteiger partial charge in [0.15, 0.2) is 0 Å². The minimum Gasteiger partial charge on any atom is -0.369 e. The van der Waals surface area contributed by atoms with Crippen molar-refractivity contribution in [3.8, 4) is 0 Å². The highest BCUT2D eigenvalue weighted by molar-refractivity contribution is 7.97. The molecule has 2 nitrogen and oxygen atoms in total. The lowest BCUT2D eigenvalue weighted by molar-refractivity contribution is 0.185. The van der Waals surface area contributed by atoms with Gasteiger partial charge in [-0.2, -0.15) is 0 Å². The van der Waals surface area contributed by atoms with Crippen LogP contribution in [0.3, 0.4) is 0 Å². The molecule has 1 aliphatic heterocycles. The summed E-state index contributed by atoms with van der Waals surface area (Å²) in [5, 5.41) is 0. The second kappa shape index (κ2) is 3.29. The Balaban J connectivity index is 2.04. The summed E-state index contributed by atoms with van der Waals surface area (Å²) in [6, 6.07) is 0. The van der Waals surface area contributed by atoms with E-state index < -0.39 is 0 Å². The van der Waals surface area contributed by atoms with Crippen molar-refractivity contribution in [2.45, 2.75) is 6.42 Å². The Bertz CT molecular complexity index is 31.3. The molecule has 0 aromatic rings. The van der Waals surface area contributed by atoms with Crippen LogP contribution in [0.1, 0.15) is 6.42 Å². The van der Waals surface area contributed by atoms with Crippen LogP contribution in [0.2, 0.25) is 0 Å². The third-order valence-corrected chi connectivity index (χ3v) is 1.50. The van der Waals surface area contributed by atoms with E-state index in [4.69, 9.17) is 4.74 Å². The van der Waals surface area contributed by atoms with Gasteiger partial charge in [0.2, 0.25) is 0 Å². The maximum Gasteiger partial charge on any atom is 0.106 e. The molecule has 0 aliphatic carbocycles. The maximum absolute atomic E-state index is 5.09. The largest absolute Gasteiger partial charge is 0.369 e. The third kappa shape index (κ3) is 2.16.